The molecule has 0 aliphatic carbocycles. The fourth-order valence-electron chi connectivity index (χ4n) is 1.32. The van der Waals surface area contributed by atoms with Gasteiger partial charge < -0.3 is 10.4 Å². The molecule has 1 aromatic rings. The summed E-state index contributed by atoms with van der Waals surface area (Å²) in [5.41, 5.74) is -0.209. The summed E-state index contributed by atoms with van der Waals surface area (Å²) in [5.74, 6) is -1.33. The monoisotopic (exact) mass is 254 g/mol. The van der Waals surface area contributed by atoms with Crippen molar-refractivity contribution < 1.29 is 14.8 Å². The number of nitrogens with zero attached hydrogens (tertiary/aromatic N) is 3. The molecule has 0 aliphatic rings. The molecule has 0 saturated carbocycles. The fraction of sp³-hybridized carbons (Fsp3) is 0.500. The Bertz CT molecular complexity index is 432. The predicted octanol–water partition coefficient (Wildman–Crippen LogP) is 1.15. The molecule has 18 heavy (non-hydrogen) atoms. The molecule has 0 radical (unpaired) electrons. The Morgan fingerprint density at radius 1 is 1.50 bits per heavy atom. The molecule has 1 rings (SSSR count). The lowest BCUT2D eigenvalue weighted by Gasteiger charge is -2.16. The van der Waals surface area contributed by atoms with Crippen LogP contribution in [-0.2, 0) is 4.79 Å². The van der Waals surface area contributed by atoms with Crippen molar-refractivity contribution in [2.75, 3.05) is 11.9 Å². The number of aromatic nitrogens is 2. The number of rotatable bonds is 6. The van der Waals surface area contributed by atoms with Gasteiger partial charge in [-0.05, 0) is 5.92 Å². The number of aliphatic carboxylic acids is 1. The molecule has 1 atom stereocenters. The Hall–Kier alpha value is -2.25. The van der Waals surface area contributed by atoms with Gasteiger partial charge in [0.15, 0.2) is 0 Å². The first-order valence-corrected chi connectivity index (χ1v) is 5.35. The van der Waals surface area contributed by atoms with Crippen molar-refractivity contribution in [3.63, 3.8) is 0 Å². The zero-order valence-electron chi connectivity index (χ0n) is 10.0. The van der Waals surface area contributed by atoms with Crippen LogP contribution in [0.15, 0.2) is 12.4 Å². The normalized spacial score (nSPS) is 12.2. The van der Waals surface area contributed by atoms with E-state index in [2.05, 4.69) is 15.3 Å². The fourth-order valence-corrected chi connectivity index (χ4v) is 1.32. The number of carboxylic acid groups (broad SMARTS) is 1. The second kappa shape index (κ2) is 5.89. The molecule has 8 heteroatoms. The smallest absolute Gasteiger partial charge is 0.308 e. The first-order chi connectivity index (χ1) is 8.41. The molecule has 8 nitrogen and oxygen atoms in total. The van der Waals surface area contributed by atoms with Crippen LogP contribution in [0.4, 0.5) is 11.6 Å². The van der Waals surface area contributed by atoms with Crippen LogP contribution in [0.2, 0.25) is 0 Å². The lowest BCUT2D eigenvalue weighted by molar-refractivity contribution is -0.385. The summed E-state index contributed by atoms with van der Waals surface area (Å²) in [6.07, 6.45) is 2.14. The summed E-state index contributed by atoms with van der Waals surface area (Å²) >= 11 is 0. The first-order valence-electron chi connectivity index (χ1n) is 5.35. The number of hydrogen-bond acceptors (Lipinski definition) is 6. The number of nitrogens with one attached hydrogen (secondary N) is 1. The van der Waals surface area contributed by atoms with Gasteiger partial charge in [-0.25, -0.2) is 9.97 Å². The van der Waals surface area contributed by atoms with Gasteiger partial charge in [0.1, 0.15) is 12.4 Å². The van der Waals surface area contributed by atoms with E-state index in [-0.39, 0.29) is 24.1 Å². The quantitative estimate of drug-likeness (QED) is 0.577. The van der Waals surface area contributed by atoms with Gasteiger partial charge in [0.25, 0.3) is 0 Å². The molecule has 0 spiro atoms. The highest BCUT2D eigenvalue weighted by Gasteiger charge is 2.21. The highest BCUT2D eigenvalue weighted by atomic mass is 16.6. The summed E-state index contributed by atoms with van der Waals surface area (Å²) in [7, 11) is 0. The average Bonchev–Trinajstić information content (AvgIpc) is 2.28. The molecular formula is C10H14N4O4. The Labute approximate surface area is 103 Å². The average molecular weight is 254 g/mol. The van der Waals surface area contributed by atoms with Gasteiger partial charge in [0, 0.05) is 6.54 Å². The van der Waals surface area contributed by atoms with E-state index in [4.69, 9.17) is 5.11 Å². The molecule has 98 valence electrons. The van der Waals surface area contributed by atoms with E-state index in [1.54, 1.807) is 13.8 Å². The molecule has 1 heterocycles. The molecule has 0 fully saturated rings. The molecule has 2 N–H and O–H groups in total. The van der Waals surface area contributed by atoms with Crippen LogP contribution in [0.25, 0.3) is 0 Å². The van der Waals surface area contributed by atoms with Crippen LogP contribution in [0, 0.1) is 22.0 Å². The van der Waals surface area contributed by atoms with Crippen molar-refractivity contribution in [1.82, 2.24) is 9.97 Å². The van der Waals surface area contributed by atoms with E-state index in [0.29, 0.717) is 0 Å². The lowest BCUT2D eigenvalue weighted by Crippen LogP contribution is -2.28. The van der Waals surface area contributed by atoms with Gasteiger partial charge in [-0.2, -0.15) is 0 Å². The number of hydrogen-bond donors (Lipinski definition) is 2. The largest absolute Gasteiger partial charge is 0.481 e. The number of carboxylic acids is 1. The Balaban J connectivity index is 2.62. The minimum atomic E-state index is -0.903. The van der Waals surface area contributed by atoms with E-state index >= 15 is 0 Å². The van der Waals surface area contributed by atoms with E-state index < -0.39 is 16.8 Å². The van der Waals surface area contributed by atoms with Gasteiger partial charge in [-0.3, -0.25) is 14.9 Å². The van der Waals surface area contributed by atoms with Crippen LogP contribution in [0.3, 0.4) is 0 Å². The molecule has 0 aliphatic heterocycles. The molecule has 0 saturated heterocycles. The topological polar surface area (TPSA) is 118 Å². The third-order valence-electron chi connectivity index (χ3n) is 2.45. The van der Waals surface area contributed by atoms with Crippen LogP contribution in [-0.4, -0.2) is 32.5 Å². The van der Waals surface area contributed by atoms with Crippen LogP contribution >= 0.6 is 0 Å². The van der Waals surface area contributed by atoms with Gasteiger partial charge >= 0.3 is 11.7 Å². The van der Waals surface area contributed by atoms with Crippen molar-refractivity contribution >= 4 is 17.6 Å². The number of nitro groups is 1. The minimum absolute atomic E-state index is 0.0342. The summed E-state index contributed by atoms with van der Waals surface area (Å²) in [4.78, 5) is 28.2. The standard InChI is InChI=1S/C10H14N4O4/c1-6(2)8(9(15)16)5-13-10-11-3-7(4-12-10)14(17)18/h3-4,6,8H,5H2,1-2H3,(H,15,16)(H,11,12,13). The molecule has 1 unspecified atom stereocenters. The zero-order valence-corrected chi connectivity index (χ0v) is 10.0. The summed E-state index contributed by atoms with van der Waals surface area (Å²) in [6, 6.07) is 0. The zero-order chi connectivity index (χ0) is 13.7. The maximum Gasteiger partial charge on any atom is 0.308 e. The predicted molar refractivity (Wildman–Crippen MR) is 63.1 cm³/mol. The van der Waals surface area contributed by atoms with Crippen LogP contribution < -0.4 is 5.32 Å². The second-order valence-electron chi connectivity index (χ2n) is 4.09. The summed E-state index contributed by atoms with van der Waals surface area (Å²) < 4.78 is 0. The number of anilines is 1. The van der Waals surface area contributed by atoms with Gasteiger partial charge in [-0.15, -0.1) is 0 Å². The van der Waals surface area contributed by atoms with E-state index in [1.807, 2.05) is 0 Å². The molecule has 1 aromatic heterocycles. The van der Waals surface area contributed by atoms with E-state index in [1.165, 1.54) is 0 Å². The van der Waals surface area contributed by atoms with Crippen molar-refractivity contribution in [2.24, 2.45) is 11.8 Å². The van der Waals surface area contributed by atoms with Gasteiger partial charge in [-0.1, -0.05) is 13.8 Å². The maximum atomic E-state index is 10.9. The summed E-state index contributed by atoms with van der Waals surface area (Å²) in [6.45, 7) is 3.78. The highest BCUT2D eigenvalue weighted by Crippen LogP contribution is 2.13. The molecule has 0 aromatic carbocycles. The van der Waals surface area contributed by atoms with E-state index in [9.17, 15) is 14.9 Å². The van der Waals surface area contributed by atoms with Gasteiger partial charge in [0.05, 0.1) is 10.8 Å². The molecular weight excluding hydrogens is 240 g/mol. The minimum Gasteiger partial charge on any atom is -0.481 e. The van der Waals surface area contributed by atoms with Crippen LogP contribution in [0.1, 0.15) is 13.8 Å². The van der Waals surface area contributed by atoms with Crippen molar-refractivity contribution in [1.29, 1.82) is 0 Å². The van der Waals surface area contributed by atoms with Gasteiger partial charge in [0.2, 0.25) is 5.95 Å². The first kappa shape index (κ1) is 13.8. The number of carbonyl (C=O) groups is 1. The van der Waals surface area contributed by atoms with E-state index in [0.717, 1.165) is 12.4 Å². The molecule has 0 amide bonds. The maximum absolute atomic E-state index is 10.9. The lowest BCUT2D eigenvalue weighted by atomic mass is 9.96. The second-order valence-corrected chi connectivity index (χ2v) is 4.09. The highest BCUT2D eigenvalue weighted by molar-refractivity contribution is 5.71. The Morgan fingerprint density at radius 3 is 2.44 bits per heavy atom. The Kier molecular flexibility index (Phi) is 4.52. The molecule has 0 bridgehead atoms. The third kappa shape index (κ3) is 3.65. The van der Waals surface area contributed by atoms with Crippen molar-refractivity contribution in [2.45, 2.75) is 13.8 Å². The SMILES string of the molecule is CC(C)C(CNc1ncc([N+](=O)[O-])cn1)C(=O)O. The van der Waals surface area contributed by atoms with Crippen molar-refractivity contribution in [3.8, 4) is 0 Å². The Morgan fingerprint density at radius 2 is 2.06 bits per heavy atom. The third-order valence-corrected chi connectivity index (χ3v) is 2.45. The van der Waals surface area contributed by atoms with Crippen molar-refractivity contribution in [3.05, 3.63) is 22.5 Å². The summed E-state index contributed by atoms with van der Waals surface area (Å²) in [5, 5.41) is 22.1. The van der Waals surface area contributed by atoms with Crippen LogP contribution in [0.5, 0.6) is 0 Å².